The lowest BCUT2D eigenvalue weighted by atomic mass is 9.47. The molecule has 0 radical (unpaired) electrons. The van der Waals surface area contributed by atoms with Gasteiger partial charge < -0.3 is 19.7 Å². The molecule has 0 aromatic heterocycles. The molecule has 2 bridgehead atoms. The van der Waals surface area contributed by atoms with Crippen molar-refractivity contribution in [2.45, 2.75) is 84.2 Å². The van der Waals surface area contributed by atoms with E-state index >= 15 is 0 Å². The standard InChI is InChI=1S/C22H32O6/c1-11-6-7-22(26)9-14-13-10-27-15(13)8-16(24)21(14,5)19(25)18(28-12(2)23)17(11)20(22,3)4/h13-16,18,24,26H,6-10H2,1-5H3/t13-,14?,15+,16-,18+,21-,22+/m0/s1. The Balaban J connectivity index is 1.93. The number of ether oxygens (including phenoxy) is 2. The number of carbonyl (C=O) groups is 2. The molecule has 1 saturated heterocycles. The Kier molecular flexibility index (Phi) is 4.39. The molecule has 28 heavy (non-hydrogen) atoms. The van der Waals surface area contributed by atoms with E-state index < -0.39 is 34.6 Å². The van der Waals surface area contributed by atoms with Crippen molar-refractivity contribution in [1.29, 1.82) is 0 Å². The summed E-state index contributed by atoms with van der Waals surface area (Å²) < 4.78 is 11.3. The zero-order valence-corrected chi connectivity index (χ0v) is 17.4. The third kappa shape index (κ3) is 2.44. The predicted octanol–water partition coefficient (Wildman–Crippen LogP) is 2.16. The molecule has 3 fully saturated rings. The van der Waals surface area contributed by atoms with E-state index in [1.54, 1.807) is 6.92 Å². The summed E-state index contributed by atoms with van der Waals surface area (Å²) in [7, 11) is 0. The minimum absolute atomic E-state index is 0.0699. The van der Waals surface area contributed by atoms with E-state index in [0.717, 1.165) is 5.57 Å². The maximum atomic E-state index is 13.9. The number of rotatable bonds is 1. The van der Waals surface area contributed by atoms with Gasteiger partial charge in [-0.3, -0.25) is 9.59 Å². The molecule has 0 spiro atoms. The summed E-state index contributed by atoms with van der Waals surface area (Å²) in [6, 6.07) is 0. The zero-order chi connectivity index (χ0) is 20.6. The Hall–Kier alpha value is -1.24. The molecule has 1 unspecified atom stereocenters. The van der Waals surface area contributed by atoms with Gasteiger partial charge in [-0.25, -0.2) is 0 Å². The van der Waals surface area contributed by atoms with Crippen LogP contribution < -0.4 is 0 Å². The van der Waals surface area contributed by atoms with Crippen LogP contribution in [0.25, 0.3) is 0 Å². The molecule has 6 heteroatoms. The Bertz CT molecular complexity index is 754. The van der Waals surface area contributed by atoms with Crippen LogP contribution in [0.1, 0.15) is 60.3 Å². The van der Waals surface area contributed by atoms with Gasteiger partial charge in [0.25, 0.3) is 0 Å². The molecule has 2 saturated carbocycles. The van der Waals surface area contributed by atoms with Crippen LogP contribution in [0.15, 0.2) is 11.1 Å². The second kappa shape index (κ2) is 6.13. The Labute approximate surface area is 166 Å². The number of allylic oxidation sites excluding steroid dienone is 1. The van der Waals surface area contributed by atoms with Gasteiger partial charge in [-0.15, -0.1) is 0 Å². The van der Waals surface area contributed by atoms with Crippen LogP contribution in [-0.4, -0.2) is 52.5 Å². The monoisotopic (exact) mass is 392 g/mol. The fourth-order valence-corrected chi connectivity index (χ4v) is 6.42. The van der Waals surface area contributed by atoms with Crippen LogP contribution >= 0.6 is 0 Å². The molecule has 4 aliphatic rings. The molecule has 3 aliphatic carbocycles. The van der Waals surface area contributed by atoms with Gasteiger partial charge >= 0.3 is 5.97 Å². The normalized spacial score (nSPS) is 47.2. The molecule has 4 rings (SSSR count). The first kappa shape index (κ1) is 20.0. The lowest BCUT2D eigenvalue weighted by Crippen LogP contribution is -2.68. The minimum Gasteiger partial charge on any atom is -0.450 e. The second-order valence-electron chi connectivity index (χ2n) is 10.1. The first-order chi connectivity index (χ1) is 12.9. The van der Waals surface area contributed by atoms with Crippen LogP contribution in [0.4, 0.5) is 0 Å². The number of aliphatic hydroxyl groups excluding tert-OH is 1. The smallest absolute Gasteiger partial charge is 0.303 e. The van der Waals surface area contributed by atoms with Crippen molar-refractivity contribution < 1.29 is 29.3 Å². The van der Waals surface area contributed by atoms with Gasteiger partial charge in [0, 0.05) is 24.7 Å². The quantitative estimate of drug-likeness (QED) is 0.525. The second-order valence-corrected chi connectivity index (χ2v) is 10.1. The van der Waals surface area contributed by atoms with Crippen molar-refractivity contribution in [3.63, 3.8) is 0 Å². The Morgan fingerprint density at radius 3 is 2.54 bits per heavy atom. The maximum absolute atomic E-state index is 13.9. The molecule has 0 aromatic rings. The number of aliphatic hydroxyl groups is 2. The third-order valence-electron chi connectivity index (χ3n) is 8.50. The molecule has 1 aliphatic heterocycles. The average Bonchev–Trinajstić information content (AvgIpc) is 2.57. The molecule has 6 nitrogen and oxygen atoms in total. The van der Waals surface area contributed by atoms with Crippen molar-refractivity contribution in [3.05, 3.63) is 11.1 Å². The van der Waals surface area contributed by atoms with Crippen molar-refractivity contribution in [2.24, 2.45) is 22.7 Å². The Morgan fingerprint density at radius 1 is 1.29 bits per heavy atom. The van der Waals surface area contributed by atoms with Crippen molar-refractivity contribution >= 4 is 11.8 Å². The van der Waals surface area contributed by atoms with Gasteiger partial charge in [0.15, 0.2) is 11.9 Å². The highest BCUT2D eigenvalue weighted by Crippen LogP contribution is 2.61. The summed E-state index contributed by atoms with van der Waals surface area (Å²) in [5.41, 5.74) is -1.14. The number of ketones is 1. The summed E-state index contributed by atoms with van der Waals surface area (Å²) in [5, 5.41) is 22.9. The van der Waals surface area contributed by atoms with Gasteiger partial charge in [-0.05, 0) is 44.6 Å². The van der Waals surface area contributed by atoms with E-state index in [1.807, 2.05) is 20.8 Å². The largest absolute Gasteiger partial charge is 0.450 e. The molecule has 0 aromatic carbocycles. The van der Waals surface area contributed by atoms with E-state index in [-0.39, 0.29) is 23.7 Å². The van der Waals surface area contributed by atoms with Gasteiger partial charge in [0.1, 0.15) is 0 Å². The topological polar surface area (TPSA) is 93.1 Å². The summed E-state index contributed by atoms with van der Waals surface area (Å²) >= 11 is 0. The number of esters is 1. The number of Topliss-reactive ketones (excluding diaryl/α,β-unsaturated/α-hetero) is 1. The first-order valence-corrected chi connectivity index (χ1v) is 10.4. The third-order valence-corrected chi connectivity index (χ3v) is 8.50. The van der Waals surface area contributed by atoms with Crippen LogP contribution in [0.2, 0.25) is 0 Å². The number of carbonyl (C=O) groups excluding carboxylic acids is 2. The summed E-state index contributed by atoms with van der Waals surface area (Å²) in [6.45, 7) is 9.49. The van der Waals surface area contributed by atoms with E-state index in [4.69, 9.17) is 9.47 Å². The van der Waals surface area contributed by atoms with Crippen LogP contribution in [0, 0.1) is 22.7 Å². The highest BCUT2D eigenvalue weighted by atomic mass is 16.5. The highest BCUT2D eigenvalue weighted by molar-refractivity contribution is 5.94. The number of hydrogen-bond donors (Lipinski definition) is 2. The molecule has 1 heterocycles. The molecule has 0 amide bonds. The summed E-state index contributed by atoms with van der Waals surface area (Å²) in [6.07, 6.45) is 0.0623. The van der Waals surface area contributed by atoms with Crippen LogP contribution in [-0.2, 0) is 19.1 Å². The van der Waals surface area contributed by atoms with Gasteiger partial charge in [0.2, 0.25) is 0 Å². The van der Waals surface area contributed by atoms with Crippen LogP contribution in [0.3, 0.4) is 0 Å². The van der Waals surface area contributed by atoms with E-state index in [0.29, 0.717) is 37.9 Å². The predicted molar refractivity (Wildman–Crippen MR) is 101 cm³/mol. The SMILES string of the molecule is CC(=O)O[C@H]1C(=O)[C@@]2(C)C(C[C@]3(O)CCC(C)=C1C3(C)C)[C@@H]1CO[C@@H]1C[C@@H]2O. The lowest BCUT2D eigenvalue weighted by molar-refractivity contribution is -0.242. The lowest BCUT2D eigenvalue weighted by Gasteiger charge is -2.62. The molecular weight excluding hydrogens is 360 g/mol. The zero-order valence-electron chi connectivity index (χ0n) is 17.4. The Morgan fingerprint density at radius 2 is 1.96 bits per heavy atom. The summed E-state index contributed by atoms with van der Waals surface area (Å²) in [4.78, 5) is 25.9. The van der Waals surface area contributed by atoms with Crippen LogP contribution in [0.5, 0.6) is 0 Å². The van der Waals surface area contributed by atoms with Gasteiger partial charge in [-0.2, -0.15) is 0 Å². The minimum atomic E-state index is -1.08. The number of fused-ring (bicyclic) bond motifs is 5. The maximum Gasteiger partial charge on any atom is 0.303 e. The molecule has 7 atom stereocenters. The highest BCUT2D eigenvalue weighted by Gasteiger charge is 2.66. The number of hydrogen-bond acceptors (Lipinski definition) is 6. The van der Waals surface area contributed by atoms with Crippen molar-refractivity contribution in [3.8, 4) is 0 Å². The average molecular weight is 392 g/mol. The molecular formula is C22H32O6. The fourth-order valence-electron chi connectivity index (χ4n) is 6.42. The molecule has 156 valence electrons. The first-order valence-electron chi connectivity index (χ1n) is 10.4. The summed E-state index contributed by atoms with van der Waals surface area (Å²) in [5.74, 6) is -0.857. The van der Waals surface area contributed by atoms with Gasteiger partial charge in [0.05, 0.1) is 29.8 Å². The van der Waals surface area contributed by atoms with E-state index in [2.05, 4.69) is 0 Å². The van der Waals surface area contributed by atoms with Crippen molar-refractivity contribution in [1.82, 2.24) is 0 Å². The van der Waals surface area contributed by atoms with Gasteiger partial charge in [-0.1, -0.05) is 19.4 Å². The van der Waals surface area contributed by atoms with E-state index in [9.17, 15) is 19.8 Å². The van der Waals surface area contributed by atoms with Crippen molar-refractivity contribution in [2.75, 3.05) is 6.61 Å². The molecule has 2 N–H and O–H groups in total. The fraction of sp³-hybridized carbons (Fsp3) is 0.818. The van der Waals surface area contributed by atoms with E-state index in [1.165, 1.54) is 6.92 Å².